The van der Waals surface area contributed by atoms with E-state index in [1.54, 1.807) is 0 Å². The first-order chi connectivity index (χ1) is 21.3. The summed E-state index contributed by atoms with van der Waals surface area (Å²) in [6.07, 6.45) is 5.06. The zero-order chi connectivity index (χ0) is 32.7. The molecule has 0 aromatic carbocycles. The molecule has 2 fully saturated rings. The molecule has 2 saturated heterocycles. The predicted octanol–water partition coefficient (Wildman–Crippen LogP) is 3.28. The quantitative estimate of drug-likeness (QED) is 0.103. The number of allylic oxidation sites excluding steroid dienone is 2. The lowest BCUT2D eigenvalue weighted by Gasteiger charge is -2.20. The number of hydrogen-bond donors (Lipinski definition) is 7. The largest absolute Gasteiger partial charge is 0.481 e. The van der Waals surface area contributed by atoms with Gasteiger partial charge in [0.1, 0.15) is 0 Å². The van der Waals surface area contributed by atoms with Crippen LogP contribution in [0.4, 0.5) is 0 Å². The summed E-state index contributed by atoms with van der Waals surface area (Å²) >= 11 is 5.93. The molecule has 10 nitrogen and oxygen atoms in total. The molecule has 1 aromatic rings. The molecule has 6 atom stereocenters. The molecule has 5 heterocycles. The zero-order valence-electron chi connectivity index (χ0n) is 26.3. The maximum atomic E-state index is 12.7. The Bertz CT molecular complexity index is 1560. The van der Waals surface area contributed by atoms with Gasteiger partial charge in [-0.3, -0.25) is 19.2 Å². The summed E-state index contributed by atoms with van der Waals surface area (Å²) in [7, 11) is 0. The summed E-state index contributed by atoms with van der Waals surface area (Å²) in [4.78, 5) is 51.9. The SMILES string of the molecule is CC1=C(CCC(=O)O)/C(=C/c2[nH]c(/C=C3\NC(=O)[C@H](C)[C@H]3[C@H](C)S)c(C)c2CCC(=O)O)NC1C[C@H]1NC(=O)C([C@H]2C[SH+]2)=C1C. The van der Waals surface area contributed by atoms with Gasteiger partial charge in [-0.2, -0.15) is 12.6 Å². The number of carboxylic acids is 2. The molecule has 4 aliphatic rings. The molecule has 6 N–H and O–H groups in total. The molecular weight excluding hydrogens is 613 g/mol. The Hall–Kier alpha value is -3.38. The number of nitrogens with one attached hydrogen (secondary N) is 4. The Morgan fingerprint density at radius 1 is 1.00 bits per heavy atom. The number of thiol groups is 2. The highest BCUT2D eigenvalue weighted by atomic mass is 32.2. The second kappa shape index (κ2) is 13.2. The summed E-state index contributed by atoms with van der Waals surface area (Å²) in [6.45, 7) is 9.83. The number of rotatable bonds is 12. The van der Waals surface area contributed by atoms with Crippen molar-refractivity contribution in [3.05, 3.63) is 56.2 Å². The molecule has 12 heteroatoms. The molecule has 242 valence electrons. The van der Waals surface area contributed by atoms with Crippen LogP contribution in [-0.4, -0.2) is 67.3 Å². The van der Waals surface area contributed by atoms with Crippen LogP contribution in [0.3, 0.4) is 0 Å². The van der Waals surface area contributed by atoms with E-state index in [0.29, 0.717) is 24.5 Å². The third kappa shape index (κ3) is 6.91. The van der Waals surface area contributed by atoms with E-state index in [2.05, 4.69) is 33.6 Å². The monoisotopic (exact) mass is 655 g/mol. The summed E-state index contributed by atoms with van der Waals surface area (Å²) in [5.41, 5.74) is 8.74. The molecule has 1 unspecified atom stereocenters. The molecule has 45 heavy (non-hydrogen) atoms. The van der Waals surface area contributed by atoms with Gasteiger partial charge in [0.25, 0.3) is 5.91 Å². The van der Waals surface area contributed by atoms with Crippen LogP contribution in [0, 0.1) is 18.8 Å². The number of hydrogen-bond acceptors (Lipinski definition) is 6. The van der Waals surface area contributed by atoms with Gasteiger partial charge in [0, 0.05) is 58.8 Å². The van der Waals surface area contributed by atoms with E-state index >= 15 is 0 Å². The van der Waals surface area contributed by atoms with Crippen molar-refractivity contribution >= 4 is 60.3 Å². The summed E-state index contributed by atoms with van der Waals surface area (Å²) in [5.74, 6) is -1.12. The van der Waals surface area contributed by atoms with Gasteiger partial charge in [-0.15, -0.1) is 0 Å². The highest BCUT2D eigenvalue weighted by Gasteiger charge is 2.47. The fourth-order valence-corrected chi connectivity index (χ4v) is 8.16. The first-order valence-electron chi connectivity index (χ1n) is 15.5. The van der Waals surface area contributed by atoms with Crippen LogP contribution < -0.4 is 16.0 Å². The lowest BCUT2D eigenvalue weighted by molar-refractivity contribution is -0.138. The molecular formula is C33H43N4O6S2+. The highest BCUT2D eigenvalue weighted by molar-refractivity contribution is 7.87. The standard InChI is InChI=1S/C33H42N4O6S2/c1-14-19(6-8-28(38)39)24(34-21(14)10-23-16(3)31(27-13-45-27)33(43)36-23)12-25-20(7-9-29(40)41)15(2)22(35-25)11-26-30(18(5)44)17(4)32(42)37-26/h11-12,17-18,21,23,27,30,34-35,44H,6-10,13H2,1-5H3,(H,36,43)(H,37,42)(H,38,39)(H,40,41)/p+1/b24-12-,26-11-/t17-,18+,21?,23-,27-,30+/m1/s1. The molecule has 0 spiro atoms. The van der Waals surface area contributed by atoms with Crippen LogP contribution >= 0.6 is 12.6 Å². The highest BCUT2D eigenvalue weighted by Crippen LogP contribution is 2.37. The van der Waals surface area contributed by atoms with Crippen molar-refractivity contribution in [2.75, 3.05) is 5.75 Å². The number of carboxylic acid groups (broad SMARTS) is 2. The van der Waals surface area contributed by atoms with Gasteiger partial charge in [-0.05, 0) is 91.8 Å². The van der Waals surface area contributed by atoms with Crippen molar-refractivity contribution in [3.8, 4) is 0 Å². The molecule has 0 saturated carbocycles. The Labute approximate surface area is 273 Å². The summed E-state index contributed by atoms with van der Waals surface area (Å²) in [6, 6.07) is -0.205. The van der Waals surface area contributed by atoms with Crippen LogP contribution in [0.2, 0.25) is 0 Å². The average molecular weight is 656 g/mol. The van der Waals surface area contributed by atoms with Crippen molar-refractivity contribution in [1.29, 1.82) is 0 Å². The van der Waals surface area contributed by atoms with Crippen LogP contribution in [0.1, 0.15) is 75.9 Å². The summed E-state index contributed by atoms with van der Waals surface area (Å²) < 4.78 is 0. The maximum absolute atomic E-state index is 12.7. The van der Waals surface area contributed by atoms with Crippen LogP contribution in [0.25, 0.3) is 12.2 Å². The fraction of sp³-hybridized carbons (Fsp3) is 0.515. The van der Waals surface area contributed by atoms with Crippen LogP contribution in [0.5, 0.6) is 0 Å². The molecule has 5 rings (SSSR count). The van der Waals surface area contributed by atoms with Crippen LogP contribution in [0.15, 0.2) is 33.7 Å². The second-order valence-electron chi connectivity index (χ2n) is 12.6. The number of aromatic amines is 1. The fourth-order valence-electron chi connectivity index (χ4n) is 6.95. The zero-order valence-corrected chi connectivity index (χ0v) is 28.1. The number of carbonyl (C=O) groups excluding carboxylic acids is 2. The minimum absolute atomic E-state index is 0.0166. The average Bonchev–Trinajstić information content (AvgIpc) is 3.52. The maximum Gasteiger partial charge on any atom is 0.303 e. The van der Waals surface area contributed by atoms with E-state index in [4.69, 9.17) is 0 Å². The second-order valence-corrected chi connectivity index (χ2v) is 14.8. The van der Waals surface area contributed by atoms with Crippen molar-refractivity contribution in [3.63, 3.8) is 0 Å². The molecule has 1 aromatic heterocycles. The van der Waals surface area contributed by atoms with Gasteiger partial charge in [-0.1, -0.05) is 13.8 Å². The summed E-state index contributed by atoms with van der Waals surface area (Å²) in [5, 5.41) is 29.0. The van der Waals surface area contributed by atoms with Gasteiger partial charge in [0.05, 0.1) is 11.6 Å². The first-order valence-corrected chi connectivity index (χ1v) is 17.1. The van der Waals surface area contributed by atoms with Crippen molar-refractivity contribution in [2.24, 2.45) is 11.8 Å². The smallest absolute Gasteiger partial charge is 0.303 e. The molecule has 0 aliphatic carbocycles. The molecule has 0 radical (unpaired) electrons. The predicted molar refractivity (Wildman–Crippen MR) is 180 cm³/mol. The normalized spacial score (nSPS) is 28.6. The Morgan fingerprint density at radius 2 is 1.64 bits per heavy atom. The number of H-pyrrole nitrogens is 1. The van der Waals surface area contributed by atoms with Crippen molar-refractivity contribution < 1.29 is 29.4 Å². The number of amides is 2. The molecule has 0 bridgehead atoms. The third-order valence-corrected chi connectivity index (χ3v) is 10.9. The van der Waals surface area contributed by atoms with E-state index in [9.17, 15) is 29.4 Å². The van der Waals surface area contributed by atoms with E-state index in [1.807, 2.05) is 46.8 Å². The molecule has 2 amide bonds. The lowest BCUT2D eigenvalue weighted by atomic mass is 9.91. The topological polar surface area (TPSA) is 161 Å². The number of carbonyl (C=O) groups is 4. The Morgan fingerprint density at radius 3 is 2.27 bits per heavy atom. The number of aromatic nitrogens is 1. The van der Waals surface area contributed by atoms with Gasteiger partial charge in [-0.25, -0.2) is 0 Å². The van der Waals surface area contributed by atoms with Crippen LogP contribution in [-0.2, 0) is 37.4 Å². The Kier molecular flexibility index (Phi) is 9.65. The number of aliphatic carboxylic acids is 2. The van der Waals surface area contributed by atoms with E-state index in [1.165, 1.54) is 11.8 Å². The minimum Gasteiger partial charge on any atom is -0.481 e. The van der Waals surface area contributed by atoms with Crippen molar-refractivity contribution in [2.45, 2.75) is 89.3 Å². The van der Waals surface area contributed by atoms with Gasteiger partial charge >= 0.3 is 11.9 Å². The van der Waals surface area contributed by atoms with Crippen molar-refractivity contribution in [1.82, 2.24) is 20.9 Å². The minimum atomic E-state index is -0.904. The third-order valence-electron chi connectivity index (χ3n) is 9.64. The van der Waals surface area contributed by atoms with Gasteiger partial charge in [0.15, 0.2) is 11.0 Å². The van der Waals surface area contributed by atoms with Gasteiger partial charge < -0.3 is 31.1 Å². The van der Waals surface area contributed by atoms with E-state index < -0.39 is 11.9 Å². The lowest BCUT2D eigenvalue weighted by Crippen LogP contribution is -2.36. The molecule has 4 aliphatic heterocycles. The first kappa shape index (κ1) is 33.0. The van der Waals surface area contributed by atoms with E-state index in [0.717, 1.165) is 62.0 Å². The Balaban J connectivity index is 1.50. The van der Waals surface area contributed by atoms with E-state index in [-0.39, 0.29) is 53.8 Å². The van der Waals surface area contributed by atoms with Gasteiger partial charge in [0.2, 0.25) is 5.91 Å².